The van der Waals surface area contributed by atoms with Gasteiger partial charge in [-0.15, -0.1) is 0 Å². The third kappa shape index (κ3) is 4.55. The Balaban J connectivity index is 2.67. The second-order valence-electron chi connectivity index (χ2n) is 4.51. The minimum atomic E-state index is -4.76. The van der Waals surface area contributed by atoms with Crippen LogP contribution in [0.4, 0.5) is 26.3 Å². The standard InChI is InChI=1S/C10H13F6NO2/c11-9(12,13)6-1-3-17(4-2-6)7(5-8(18)19)10(14,15)16/h6-7H,1-5H2,(H,18,19). The highest BCUT2D eigenvalue weighted by atomic mass is 19.4. The zero-order valence-corrected chi connectivity index (χ0v) is 9.76. The van der Waals surface area contributed by atoms with Gasteiger partial charge in [-0.2, -0.15) is 26.3 Å². The quantitative estimate of drug-likeness (QED) is 0.813. The maximum Gasteiger partial charge on any atom is 0.404 e. The van der Waals surface area contributed by atoms with E-state index in [0.29, 0.717) is 0 Å². The predicted molar refractivity (Wildman–Crippen MR) is 52.4 cm³/mol. The molecule has 1 fully saturated rings. The highest BCUT2D eigenvalue weighted by Gasteiger charge is 2.48. The fraction of sp³-hybridized carbons (Fsp3) is 0.900. The third-order valence-corrected chi connectivity index (χ3v) is 3.18. The van der Waals surface area contributed by atoms with Crippen molar-refractivity contribution in [2.24, 2.45) is 5.92 Å². The van der Waals surface area contributed by atoms with E-state index < -0.39 is 62.6 Å². The largest absolute Gasteiger partial charge is 0.481 e. The SMILES string of the molecule is O=C(O)CC(N1CCC(C(F)(F)F)CC1)C(F)(F)F. The number of alkyl halides is 6. The molecule has 9 heteroatoms. The van der Waals surface area contributed by atoms with E-state index in [1.54, 1.807) is 0 Å². The monoisotopic (exact) mass is 293 g/mol. The summed E-state index contributed by atoms with van der Waals surface area (Å²) >= 11 is 0. The van der Waals surface area contributed by atoms with Crippen molar-refractivity contribution >= 4 is 5.97 Å². The lowest BCUT2D eigenvalue weighted by Gasteiger charge is -2.38. The van der Waals surface area contributed by atoms with Crippen molar-refractivity contribution in [1.29, 1.82) is 0 Å². The van der Waals surface area contributed by atoms with Crippen molar-refractivity contribution in [3.8, 4) is 0 Å². The Morgan fingerprint density at radius 3 is 1.95 bits per heavy atom. The van der Waals surface area contributed by atoms with E-state index >= 15 is 0 Å². The van der Waals surface area contributed by atoms with Gasteiger partial charge < -0.3 is 5.11 Å². The molecule has 1 atom stereocenters. The zero-order valence-electron chi connectivity index (χ0n) is 9.76. The molecular weight excluding hydrogens is 280 g/mol. The first kappa shape index (κ1) is 16.1. The first-order chi connectivity index (χ1) is 8.51. The van der Waals surface area contributed by atoms with Crippen LogP contribution in [0.2, 0.25) is 0 Å². The van der Waals surface area contributed by atoms with Crippen LogP contribution in [0.5, 0.6) is 0 Å². The molecule has 112 valence electrons. The molecule has 0 radical (unpaired) electrons. The second-order valence-corrected chi connectivity index (χ2v) is 4.51. The lowest BCUT2D eigenvalue weighted by Crippen LogP contribution is -2.51. The molecule has 1 rings (SSSR count). The van der Waals surface area contributed by atoms with Crippen LogP contribution in [0.1, 0.15) is 19.3 Å². The van der Waals surface area contributed by atoms with Crippen LogP contribution in [-0.2, 0) is 4.79 Å². The zero-order chi connectivity index (χ0) is 14.8. The minimum absolute atomic E-state index is 0.401. The van der Waals surface area contributed by atoms with Crippen molar-refractivity contribution in [2.75, 3.05) is 13.1 Å². The molecule has 1 N–H and O–H groups in total. The number of halogens is 6. The summed E-state index contributed by atoms with van der Waals surface area (Å²) in [7, 11) is 0. The average Bonchev–Trinajstić information content (AvgIpc) is 2.23. The Labute approximate surface area is 105 Å². The molecule has 1 aliphatic heterocycles. The van der Waals surface area contributed by atoms with Crippen molar-refractivity contribution < 1.29 is 36.2 Å². The number of aliphatic carboxylic acids is 1. The molecule has 1 saturated heterocycles. The first-order valence-electron chi connectivity index (χ1n) is 5.61. The lowest BCUT2D eigenvalue weighted by molar-refractivity contribution is -0.209. The van der Waals surface area contributed by atoms with Gasteiger partial charge in [-0.1, -0.05) is 0 Å². The summed E-state index contributed by atoms with van der Waals surface area (Å²) in [5.74, 6) is -3.23. The van der Waals surface area contributed by atoms with E-state index in [9.17, 15) is 31.1 Å². The van der Waals surface area contributed by atoms with Gasteiger partial charge in [0, 0.05) is 0 Å². The number of carboxylic acid groups (broad SMARTS) is 1. The molecule has 1 unspecified atom stereocenters. The molecule has 19 heavy (non-hydrogen) atoms. The topological polar surface area (TPSA) is 40.5 Å². The van der Waals surface area contributed by atoms with Crippen molar-refractivity contribution in [3.63, 3.8) is 0 Å². The van der Waals surface area contributed by atoms with Gasteiger partial charge >= 0.3 is 18.3 Å². The molecule has 0 saturated carbocycles. The molecule has 1 heterocycles. The van der Waals surface area contributed by atoms with Gasteiger partial charge in [0.15, 0.2) is 0 Å². The Kier molecular flexibility index (Phi) is 4.70. The van der Waals surface area contributed by atoms with E-state index in [-0.39, 0.29) is 0 Å². The van der Waals surface area contributed by atoms with Gasteiger partial charge in [0.25, 0.3) is 0 Å². The molecule has 0 aliphatic carbocycles. The molecule has 1 aliphatic rings. The summed E-state index contributed by atoms with van der Waals surface area (Å²) in [4.78, 5) is 11.2. The summed E-state index contributed by atoms with van der Waals surface area (Å²) < 4.78 is 75.1. The summed E-state index contributed by atoms with van der Waals surface area (Å²) in [6, 6.07) is -2.22. The number of nitrogens with zero attached hydrogens (tertiary/aromatic N) is 1. The van der Waals surface area contributed by atoms with Crippen LogP contribution >= 0.6 is 0 Å². The molecule has 0 spiro atoms. The number of hydrogen-bond donors (Lipinski definition) is 1. The third-order valence-electron chi connectivity index (χ3n) is 3.18. The highest BCUT2D eigenvalue weighted by Crippen LogP contribution is 2.37. The van der Waals surface area contributed by atoms with Crippen LogP contribution in [0.3, 0.4) is 0 Å². The van der Waals surface area contributed by atoms with E-state index in [0.717, 1.165) is 4.90 Å². The average molecular weight is 293 g/mol. The molecule has 3 nitrogen and oxygen atoms in total. The second kappa shape index (κ2) is 5.56. The number of rotatable bonds is 3. The molecule has 0 aromatic rings. The number of hydrogen-bond acceptors (Lipinski definition) is 2. The van der Waals surface area contributed by atoms with E-state index in [2.05, 4.69) is 0 Å². The highest BCUT2D eigenvalue weighted by molar-refractivity contribution is 5.67. The first-order valence-corrected chi connectivity index (χ1v) is 5.61. The van der Waals surface area contributed by atoms with Crippen LogP contribution in [0.15, 0.2) is 0 Å². The van der Waals surface area contributed by atoms with Crippen LogP contribution < -0.4 is 0 Å². The molecule has 0 amide bonds. The van der Waals surface area contributed by atoms with Gasteiger partial charge in [0.05, 0.1) is 12.3 Å². The van der Waals surface area contributed by atoms with Gasteiger partial charge in [-0.25, -0.2) is 0 Å². The lowest BCUT2D eigenvalue weighted by atomic mass is 9.94. The summed E-state index contributed by atoms with van der Waals surface area (Å²) in [5.41, 5.74) is 0. The van der Waals surface area contributed by atoms with Crippen LogP contribution in [0.25, 0.3) is 0 Å². The van der Waals surface area contributed by atoms with Crippen molar-refractivity contribution in [2.45, 2.75) is 37.7 Å². The fourth-order valence-corrected chi connectivity index (χ4v) is 2.16. The number of carbonyl (C=O) groups is 1. The summed E-state index contributed by atoms with van der Waals surface area (Å²) in [6.45, 7) is -0.802. The van der Waals surface area contributed by atoms with E-state index in [4.69, 9.17) is 5.11 Å². The van der Waals surface area contributed by atoms with Crippen molar-refractivity contribution in [1.82, 2.24) is 4.90 Å². The predicted octanol–water partition coefficient (Wildman–Crippen LogP) is 2.67. The smallest absolute Gasteiger partial charge is 0.404 e. The van der Waals surface area contributed by atoms with E-state index in [1.165, 1.54) is 0 Å². The summed E-state index contributed by atoms with van der Waals surface area (Å²) in [6.07, 6.45) is -11.2. The van der Waals surface area contributed by atoms with Gasteiger partial charge in [0.2, 0.25) is 0 Å². The molecule has 0 aromatic heterocycles. The van der Waals surface area contributed by atoms with Crippen LogP contribution in [0, 0.1) is 5.92 Å². The van der Waals surface area contributed by atoms with Crippen LogP contribution in [-0.4, -0.2) is 47.5 Å². The molecular formula is C10H13F6NO2. The molecule has 0 bridgehead atoms. The number of carboxylic acids is 1. The van der Waals surface area contributed by atoms with Crippen molar-refractivity contribution in [3.05, 3.63) is 0 Å². The molecule has 0 aromatic carbocycles. The van der Waals surface area contributed by atoms with Gasteiger partial charge in [0.1, 0.15) is 6.04 Å². The summed E-state index contributed by atoms with van der Waals surface area (Å²) in [5, 5.41) is 8.45. The Morgan fingerprint density at radius 2 is 1.63 bits per heavy atom. The van der Waals surface area contributed by atoms with E-state index in [1.807, 2.05) is 0 Å². The van der Waals surface area contributed by atoms with Gasteiger partial charge in [-0.05, 0) is 25.9 Å². The number of piperidine rings is 1. The van der Waals surface area contributed by atoms with Gasteiger partial charge in [-0.3, -0.25) is 9.69 Å². The Bertz CT molecular complexity index is 319. The minimum Gasteiger partial charge on any atom is -0.481 e. The Hall–Kier alpha value is -0.990. The Morgan fingerprint density at radius 1 is 1.16 bits per heavy atom. The normalized spacial score (nSPS) is 21.4. The fourth-order valence-electron chi connectivity index (χ4n) is 2.16. The number of likely N-dealkylation sites (tertiary alicyclic amines) is 1. The maximum absolute atomic E-state index is 12.7. The maximum atomic E-state index is 12.7.